The van der Waals surface area contributed by atoms with Crippen LogP contribution in [0.4, 0.5) is 0 Å². The third-order valence-corrected chi connectivity index (χ3v) is 5.42. The number of nitrogens with one attached hydrogen (secondary N) is 1. The lowest BCUT2D eigenvalue weighted by Crippen LogP contribution is -2.43. The summed E-state index contributed by atoms with van der Waals surface area (Å²) in [6, 6.07) is 6.23. The fraction of sp³-hybridized carbons (Fsp3) is 0.579. The molecule has 1 N–H and O–H groups in total. The molecule has 0 bridgehead atoms. The monoisotopic (exact) mass is 327 g/mol. The molecule has 24 heavy (non-hydrogen) atoms. The first-order valence-corrected chi connectivity index (χ1v) is 9.04. The van der Waals surface area contributed by atoms with E-state index in [9.17, 15) is 4.79 Å². The number of aromatic nitrogens is 2. The molecule has 5 nitrogen and oxygen atoms in total. The van der Waals surface area contributed by atoms with E-state index in [1.165, 1.54) is 5.56 Å². The Balaban J connectivity index is 1.51. The van der Waals surface area contributed by atoms with Crippen LogP contribution in [0, 0.1) is 12.8 Å². The number of para-hydroxylation sites is 1. The summed E-state index contributed by atoms with van der Waals surface area (Å²) in [5.41, 5.74) is 3.35. The Morgan fingerprint density at radius 3 is 2.92 bits per heavy atom. The van der Waals surface area contributed by atoms with Crippen LogP contribution in [-0.4, -0.2) is 47.1 Å². The highest BCUT2D eigenvalue weighted by atomic mass is 16.5. The summed E-state index contributed by atoms with van der Waals surface area (Å²) in [5.74, 6) is 1.81. The van der Waals surface area contributed by atoms with Gasteiger partial charge in [-0.25, -0.2) is 4.98 Å². The second-order valence-corrected chi connectivity index (χ2v) is 7.10. The number of likely N-dealkylation sites (tertiary alicyclic amines) is 1. The van der Waals surface area contributed by atoms with E-state index in [2.05, 4.69) is 35.0 Å². The fourth-order valence-corrected chi connectivity index (χ4v) is 3.99. The van der Waals surface area contributed by atoms with Gasteiger partial charge in [0.25, 0.3) is 0 Å². The van der Waals surface area contributed by atoms with Gasteiger partial charge in [-0.2, -0.15) is 0 Å². The Morgan fingerprint density at radius 2 is 2.12 bits per heavy atom. The largest absolute Gasteiger partial charge is 0.381 e. The van der Waals surface area contributed by atoms with Gasteiger partial charge in [0.1, 0.15) is 5.82 Å². The molecule has 0 aliphatic carbocycles. The van der Waals surface area contributed by atoms with E-state index in [-0.39, 0.29) is 5.92 Å². The number of carbonyl (C=O) groups is 1. The number of benzene rings is 1. The van der Waals surface area contributed by atoms with Crippen molar-refractivity contribution in [3.8, 4) is 0 Å². The van der Waals surface area contributed by atoms with E-state index in [1.54, 1.807) is 0 Å². The molecule has 2 aromatic rings. The first-order chi connectivity index (χ1) is 11.7. The average Bonchev–Trinajstić information content (AvgIpc) is 3.08. The van der Waals surface area contributed by atoms with E-state index in [1.807, 2.05) is 0 Å². The zero-order chi connectivity index (χ0) is 16.5. The maximum Gasteiger partial charge on any atom is 0.225 e. The van der Waals surface area contributed by atoms with Crippen molar-refractivity contribution in [2.75, 3.05) is 26.3 Å². The van der Waals surface area contributed by atoms with E-state index >= 15 is 0 Å². The predicted octanol–water partition coefficient (Wildman–Crippen LogP) is 3.00. The number of nitrogens with zero attached hydrogens (tertiary/aromatic N) is 2. The van der Waals surface area contributed by atoms with Gasteiger partial charge in [0.2, 0.25) is 5.91 Å². The maximum absolute atomic E-state index is 12.8. The van der Waals surface area contributed by atoms with E-state index in [0.29, 0.717) is 11.8 Å². The first kappa shape index (κ1) is 15.6. The topological polar surface area (TPSA) is 58.2 Å². The molecule has 3 heterocycles. The van der Waals surface area contributed by atoms with Crippen LogP contribution in [0.15, 0.2) is 18.2 Å². The minimum absolute atomic E-state index is 0.149. The number of rotatable bonds is 2. The lowest BCUT2D eigenvalue weighted by molar-refractivity contribution is -0.139. The quantitative estimate of drug-likeness (QED) is 0.922. The van der Waals surface area contributed by atoms with Crippen molar-refractivity contribution < 1.29 is 9.53 Å². The van der Waals surface area contributed by atoms with Gasteiger partial charge in [-0.05, 0) is 44.2 Å². The van der Waals surface area contributed by atoms with Gasteiger partial charge in [-0.1, -0.05) is 12.1 Å². The average molecular weight is 327 g/mol. The molecule has 1 amide bonds. The number of ether oxygens (including phenoxy) is 1. The van der Waals surface area contributed by atoms with Crippen LogP contribution in [0.1, 0.15) is 43.0 Å². The molecule has 2 aliphatic rings. The molecule has 2 saturated heterocycles. The molecule has 2 aliphatic heterocycles. The van der Waals surface area contributed by atoms with E-state index in [0.717, 1.165) is 68.8 Å². The number of hydrogen-bond acceptors (Lipinski definition) is 3. The van der Waals surface area contributed by atoms with Crippen LogP contribution in [0.2, 0.25) is 0 Å². The van der Waals surface area contributed by atoms with Gasteiger partial charge in [-0.15, -0.1) is 0 Å². The number of aryl methyl sites for hydroxylation is 1. The van der Waals surface area contributed by atoms with Crippen molar-refractivity contribution in [2.24, 2.45) is 5.92 Å². The Kier molecular flexibility index (Phi) is 4.27. The smallest absolute Gasteiger partial charge is 0.225 e. The lowest BCUT2D eigenvalue weighted by atomic mass is 9.93. The fourth-order valence-electron chi connectivity index (χ4n) is 3.99. The molecule has 128 valence electrons. The number of aromatic amines is 1. The van der Waals surface area contributed by atoms with Crippen molar-refractivity contribution in [3.05, 3.63) is 29.6 Å². The highest BCUT2D eigenvalue weighted by Crippen LogP contribution is 2.29. The van der Waals surface area contributed by atoms with Crippen LogP contribution < -0.4 is 0 Å². The predicted molar refractivity (Wildman–Crippen MR) is 92.9 cm³/mol. The van der Waals surface area contributed by atoms with Crippen molar-refractivity contribution in [2.45, 2.75) is 38.5 Å². The normalized spacial score (nSPS) is 22.9. The molecule has 1 aromatic carbocycles. The molecule has 4 rings (SSSR count). The molecule has 1 aromatic heterocycles. The Bertz CT molecular complexity index is 733. The highest BCUT2D eigenvalue weighted by molar-refractivity contribution is 5.80. The van der Waals surface area contributed by atoms with Crippen LogP contribution >= 0.6 is 0 Å². The van der Waals surface area contributed by atoms with Gasteiger partial charge in [0, 0.05) is 38.1 Å². The summed E-state index contributed by atoms with van der Waals surface area (Å²) in [4.78, 5) is 23.2. The first-order valence-electron chi connectivity index (χ1n) is 9.04. The van der Waals surface area contributed by atoms with Gasteiger partial charge < -0.3 is 14.6 Å². The van der Waals surface area contributed by atoms with Gasteiger partial charge >= 0.3 is 0 Å². The second kappa shape index (κ2) is 6.55. The number of piperidine rings is 1. The number of imidazole rings is 1. The number of carbonyl (C=O) groups excluding carboxylic acids is 1. The molecule has 1 atom stereocenters. The lowest BCUT2D eigenvalue weighted by Gasteiger charge is -2.35. The molecule has 0 saturated carbocycles. The summed E-state index contributed by atoms with van der Waals surface area (Å²) >= 11 is 0. The van der Waals surface area contributed by atoms with Crippen molar-refractivity contribution in [3.63, 3.8) is 0 Å². The van der Waals surface area contributed by atoms with E-state index in [4.69, 9.17) is 9.72 Å². The summed E-state index contributed by atoms with van der Waals surface area (Å²) < 4.78 is 5.39. The number of H-pyrrole nitrogens is 1. The summed E-state index contributed by atoms with van der Waals surface area (Å²) in [5, 5.41) is 0. The minimum Gasteiger partial charge on any atom is -0.381 e. The molecule has 0 radical (unpaired) electrons. The summed E-state index contributed by atoms with van der Waals surface area (Å²) in [6.07, 6.45) is 3.87. The maximum atomic E-state index is 12.8. The minimum atomic E-state index is 0.149. The molecule has 5 heteroatoms. The molecule has 0 unspecified atom stereocenters. The zero-order valence-corrected chi connectivity index (χ0v) is 14.3. The molecular weight excluding hydrogens is 302 g/mol. The van der Waals surface area contributed by atoms with Crippen molar-refractivity contribution in [1.82, 2.24) is 14.9 Å². The third-order valence-electron chi connectivity index (χ3n) is 5.42. The van der Waals surface area contributed by atoms with Crippen LogP contribution in [0.25, 0.3) is 11.0 Å². The van der Waals surface area contributed by atoms with Gasteiger partial charge in [-0.3, -0.25) is 4.79 Å². The Labute approximate surface area is 142 Å². The molecule has 2 fully saturated rings. The standard InChI is InChI=1S/C19H25N3O2/c1-13-4-2-6-16-17(13)21-18(20-16)15-5-3-9-22(12-15)19(23)14-7-10-24-11-8-14/h2,4,6,14-15H,3,5,7-12H2,1H3,(H,20,21)/t15-/m0/s1. The summed E-state index contributed by atoms with van der Waals surface area (Å²) in [7, 11) is 0. The summed E-state index contributed by atoms with van der Waals surface area (Å²) in [6.45, 7) is 5.20. The van der Waals surface area contributed by atoms with Crippen LogP contribution in [0.5, 0.6) is 0 Å². The Hall–Kier alpha value is -1.88. The van der Waals surface area contributed by atoms with Crippen LogP contribution in [0.3, 0.4) is 0 Å². The molecule has 0 spiro atoms. The highest BCUT2D eigenvalue weighted by Gasteiger charge is 2.31. The SMILES string of the molecule is Cc1cccc2[nH]c([C@H]3CCCN(C(=O)C4CCOCC4)C3)nc12. The third kappa shape index (κ3) is 2.93. The number of amides is 1. The van der Waals surface area contributed by atoms with Crippen molar-refractivity contribution in [1.29, 1.82) is 0 Å². The van der Waals surface area contributed by atoms with Crippen molar-refractivity contribution >= 4 is 16.9 Å². The molecular formula is C19H25N3O2. The zero-order valence-electron chi connectivity index (χ0n) is 14.3. The van der Waals surface area contributed by atoms with Gasteiger partial charge in [0.05, 0.1) is 11.0 Å². The second-order valence-electron chi connectivity index (χ2n) is 7.10. The van der Waals surface area contributed by atoms with Crippen LogP contribution in [-0.2, 0) is 9.53 Å². The van der Waals surface area contributed by atoms with Gasteiger partial charge in [0.15, 0.2) is 0 Å². The number of hydrogen-bond donors (Lipinski definition) is 1. The Morgan fingerprint density at radius 1 is 1.29 bits per heavy atom. The number of fused-ring (bicyclic) bond motifs is 1. The van der Waals surface area contributed by atoms with E-state index < -0.39 is 0 Å².